The van der Waals surface area contributed by atoms with Crippen LogP contribution in [-0.4, -0.2) is 37.2 Å². The molecular formula is C14H22N2S. The van der Waals surface area contributed by atoms with Crippen molar-refractivity contribution in [3.05, 3.63) is 29.8 Å². The zero-order valence-electron chi connectivity index (χ0n) is 10.8. The molecule has 0 spiro atoms. The monoisotopic (exact) mass is 250 g/mol. The van der Waals surface area contributed by atoms with Gasteiger partial charge in [-0.2, -0.15) is 11.8 Å². The van der Waals surface area contributed by atoms with Crippen molar-refractivity contribution in [2.75, 3.05) is 36.0 Å². The summed E-state index contributed by atoms with van der Waals surface area (Å²) in [6.45, 7) is 7.74. The second-order valence-electron chi connectivity index (χ2n) is 4.60. The molecule has 1 aromatic carbocycles. The summed E-state index contributed by atoms with van der Waals surface area (Å²) in [7, 11) is 0. The SMILES string of the molecule is CCN(CC1CSCCN1)c1cccc(C)c1. The van der Waals surface area contributed by atoms with Crippen LogP contribution in [0.1, 0.15) is 12.5 Å². The number of nitrogens with one attached hydrogen (secondary N) is 1. The number of anilines is 1. The Morgan fingerprint density at radius 3 is 3.00 bits per heavy atom. The van der Waals surface area contributed by atoms with Gasteiger partial charge in [0.05, 0.1) is 0 Å². The third kappa shape index (κ3) is 3.65. The van der Waals surface area contributed by atoms with Gasteiger partial charge in [0.2, 0.25) is 0 Å². The maximum Gasteiger partial charge on any atom is 0.0369 e. The zero-order valence-corrected chi connectivity index (χ0v) is 11.6. The molecular weight excluding hydrogens is 228 g/mol. The highest BCUT2D eigenvalue weighted by atomic mass is 32.2. The summed E-state index contributed by atoms with van der Waals surface area (Å²) in [6, 6.07) is 9.43. The first-order valence-electron chi connectivity index (χ1n) is 6.42. The highest BCUT2D eigenvalue weighted by Crippen LogP contribution is 2.17. The van der Waals surface area contributed by atoms with E-state index in [0.29, 0.717) is 6.04 Å². The Labute approximate surface area is 109 Å². The molecule has 94 valence electrons. The zero-order chi connectivity index (χ0) is 12.1. The van der Waals surface area contributed by atoms with Gasteiger partial charge < -0.3 is 10.2 Å². The molecule has 3 heteroatoms. The van der Waals surface area contributed by atoms with Gasteiger partial charge in [-0.1, -0.05) is 12.1 Å². The summed E-state index contributed by atoms with van der Waals surface area (Å²) in [5, 5.41) is 3.61. The Morgan fingerprint density at radius 2 is 2.35 bits per heavy atom. The second-order valence-corrected chi connectivity index (χ2v) is 5.75. The summed E-state index contributed by atoms with van der Waals surface area (Å²) >= 11 is 2.06. The van der Waals surface area contributed by atoms with Crippen LogP contribution < -0.4 is 10.2 Å². The molecule has 0 bridgehead atoms. The maximum absolute atomic E-state index is 3.61. The highest BCUT2D eigenvalue weighted by molar-refractivity contribution is 7.99. The van der Waals surface area contributed by atoms with Gasteiger partial charge in [0.1, 0.15) is 0 Å². The van der Waals surface area contributed by atoms with E-state index in [-0.39, 0.29) is 0 Å². The fourth-order valence-corrected chi connectivity index (χ4v) is 3.18. The van der Waals surface area contributed by atoms with Crippen molar-refractivity contribution in [3.8, 4) is 0 Å². The standard InChI is InChI=1S/C14H22N2S/c1-3-16(10-13-11-17-8-7-15-13)14-6-4-5-12(2)9-14/h4-6,9,13,15H,3,7-8,10-11H2,1-2H3. The summed E-state index contributed by atoms with van der Waals surface area (Å²) in [5.41, 5.74) is 2.69. The smallest absolute Gasteiger partial charge is 0.0369 e. The number of hydrogen-bond donors (Lipinski definition) is 1. The van der Waals surface area contributed by atoms with Crippen LogP contribution in [-0.2, 0) is 0 Å². The predicted molar refractivity (Wildman–Crippen MR) is 78.2 cm³/mol. The number of hydrogen-bond acceptors (Lipinski definition) is 3. The van der Waals surface area contributed by atoms with Crippen LogP contribution in [0.25, 0.3) is 0 Å². The summed E-state index contributed by atoms with van der Waals surface area (Å²) in [5.74, 6) is 2.50. The first-order chi connectivity index (χ1) is 8.29. The minimum Gasteiger partial charge on any atom is -0.370 e. The lowest BCUT2D eigenvalue weighted by atomic mass is 10.2. The van der Waals surface area contributed by atoms with Crippen molar-refractivity contribution < 1.29 is 0 Å². The molecule has 0 saturated carbocycles. The maximum atomic E-state index is 3.61. The molecule has 1 N–H and O–H groups in total. The minimum atomic E-state index is 0.634. The van der Waals surface area contributed by atoms with Gasteiger partial charge in [0.15, 0.2) is 0 Å². The fourth-order valence-electron chi connectivity index (χ4n) is 2.24. The molecule has 1 aromatic rings. The largest absolute Gasteiger partial charge is 0.370 e. The van der Waals surface area contributed by atoms with Crippen molar-refractivity contribution in [2.45, 2.75) is 19.9 Å². The van der Waals surface area contributed by atoms with Crippen molar-refractivity contribution in [2.24, 2.45) is 0 Å². The topological polar surface area (TPSA) is 15.3 Å². The lowest BCUT2D eigenvalue weighted by Gasteiger charge is -2.31. The third-order valence-electron chi connectivity index (χ3n) is 3.19. The lowest BCUT2D eigenvalue weighted by Crippen LogP contribution is -2.46. The van der Waals surface area contributed by atoms with Crippen LogP contribution in [0.2, 0.25) is 0 Å². The molecule has 2 rings (SSSR count). The molecule has 0 radical (unpaired) electrons. The molecule has 1 aliphatic heterocycles. The normalized spacial score (nSPS) is 20.2. The Kier molecular flexibility index (Phi) is 4.75. The molecule has 1 saturated heterocycles. The van der Waals surface area contributed by atoms with Gasteiger partial charge in [0, 0.05) is 42.9 Å². The number of likely N-dealkylation sites (N-methyl/N-ethyl adjacent to an activating group) is 1. The van der Waals surface area contributed by atoms with E-state index >= 15 is 0 Å². The number of nitrogens with zero attached hydrogens (tertiary/aromatic N) is 1. The number of benzene rings is 1. The van der Waals surface area contributed by atoms with Gasteiger partial charge in [-0.3, -0.25) is 0 Å². The second kappa shape index (κ2) is 6.31. The molecule has 17 heavy (non-hydrogen) atoms. The van der Waals surface area contributed by atoms with Gasteiger partial charge in [0.25, 0.3) is 0 Å². The van der Waals surface area contributed by atoms with Crippen molar-refractivity contribution in [1.82, 2.24) is 5.32 Å². The van der Waals surface area contributed by atoms with E-state index in [1.807, 2.05) is 0 Å². The van der Waals surface area contributed by atoms with E-state index in [2.05, 4.69) is 60.1 Å². The predicted octanol–water partition coefficient (Wildman–Crippen LogP) is 2.53. The van der Waals surface area contributed by atoms with Gasteiger partial charge in [-0.05, 0) is 31.5 Å². The van der Waals surface area contributed by atoms with Gasteiger partial charge in [-0.25, -0.2) is 0 Å². The molecule has 1 unspecified atom stereocenters. The minimum absolute atomic E-state index is 0.634. The third-order valence-corrected chi connectivity index (χ3v) is 4.32. The fraction of sp³-hybridized carbons (Fsp3) is 0.571. The molecule has 0 aliphatic carbocycles. The van der Waals surface area contributed by atoms with Crippen molar-refractivity contribution in [3.63, 3.8) is 0 Å². The van der Waals surface area contributed by atoms with Crippen LogP contribution in [0.15, 0.2) is 24.3 Å². The average molecular weight is 250 g/mol. The van der Waals surface area contributed by atoms with E-state index in [9.17, 15) is 0 Å². The van der Waals surface area contributed by atoms with Crippen molar-refractivity contribution in [1.29, 1.82) is 0 Å². The highest BCUT2D eigenvalue weighted by Gasteiger charge is 2.16. The summed E-state index contributed by atoms with van der Waals surface area (Å²) < 4.78 is 0. The molecule has 1 heterocycles. The first kappa shape index (κ1) is 12.8. The number of aryl methyl sites for hydroxylation is 1. The molecule has 2 nitrogen and oxygen atoms in total. The van der Waals surface area contributed by atoms with Gasteiger partial charge in [-0.15, -0.1) is 0 Å². The molecule has 1 atom stereocenters. The quantitative estimate of drug-likeness (QED) is 0.884. The van der Waals surface area contributed by atoms with E-state index < -0.39 is 0 Å². The number of thioether (sulfide) groups is 1. The molecule has 1 fully saturated rings. The van der Waals surface area contributed by atoms with Crippen LogP contribution in [0.5, 0.6) is 0 Å². The first-order valence-corrected chi connectivity index (χ1v) is 7.58. The Morgan fingerprint density at radius 1 is 1.47 bits per heavy atom. The van der Waals surface area contributed by atoms with E-state index in [1.165, 1.54) is 22.8 Å². The Balaban J connectivity index is 2.00. The Bertz CT molecular complexity index is 348. The average Bonchev–Trinajstić information content (AvgIpc) is 2.37. The van der Waals surface area contributed by atoms with Gasteiger partial charge >= 0.3 is 0 Å². The summed E-state index contributed by atoms with van der Waals surface area (Å²) in [6.07, 6.45) is 0. The lowest BCUT2D eigenvalue weighted by molar-refractivity contribution is 0.553. The van der Waals surface area contributed by atoms with Crippen LogP contribution in [0, 0.1) is 6.92 Å². The molecule has 0 amide bonds. The summed E-state index contributed by atoms with van der Waals surface area (Å²) in [4.78, 5) is 2.47. The van der Waals surface area contributed by atoms with Crippen LogP contribution >= 0.6 is 11.8 Å². The van der Waals surface area contributed by atoms with E-state index in [4.69, 9.17) is 0 Å². The van der Waals surface area contributed by atoms with Crippen LogP contribution in [0.3, 0.4) is 0 Å². The van der Waals surface area contributed by atoms with Crippen LogP contribution in [0.4, 0.5) is 5.69 Å². The van der Waals surface area contributed by atoms with E-state index in [0.717, 1.165) is 19.6 Å². The Hall–Kier alpha value is -0.670. The molecule has 0 aromatic heterocycles. The molecule has 1 aliphatic rings. The van der Waals surface area contributed by atoms with E-state index in [1.54, 1.807) is 0 Å². The van der Waals surface area contributed by atoms with Crippen molar-refractivity contribution >= 4 is 17.4 Å². The number of rotatable bonds is 4.